The first-order valence-electron chi connectivity index (χ1n) is 13.2. The quantitative estimate of drug-likeness (QED) is 0.239. The summed E-state index contributed by atoms with van der Waals surface area (Å²) in [6, 6.07) is 15.3. The van der Waals surface area contributed by atoms with Crippen molar-refractivity contribution in [3.63, 3.8) is 0 Å². The second-order valence-electron chi connectivity index (χ2n) is 9.77. The Morgan fingerprint density at radius 2 is 1.80 bits per heavy atom. The lowest BCUT2D eigenvalue weighted by molar-refractivity contribution is -0.107. The summed E-state index contributed by atoms with van der Waals surface area (Å²) in [5.74, 6) is 0.426. The molecular formula is C31H35ClFN5O2. The Labute approximate surface area is 239 Å². The number of primary amides is 2. The average Bonchev–Trinajstić information content (AvgIpc) is 3.29. The van der Waals surface area contributed by atoms with Gasteiger partial charge in [-0.25, -0.2) is 4.39 Å². The van der Waals surface area contributed by atoms with E-state index in [4.69, 9.17) is 26.2 Å². The van der Waals surface area contributed by atoms with Gasteiger partial charge in [-0.05, 0) is 85.0 Å². The number of anilines is 1. The second-order valence-corrected chi connectivity index (χ2v) is 10.2. The van der Waals surface area contributed by atoms with E-state index in [0.717, 1.165) is 64.9 Å². The zero-order valence-corrected chi connectivity index (χ0v) is 23.7. The molecule has 5 rings (SSSR count). The van der Waals surface area contributed by atoms with Crippen LogP contribution in [-0.2, 0) is 16.0 Å². The number of nitrogens with zero attached hydrogens (tertiary/aromatic N) is 2. The van der Waals surface area contributed by atoms with E-state index in [2.05, 4.69) is 53.8 Å². The maximum Gasteiger partial charge on any atom is 0.204 e. The maximum absolute atomic E-state index is 13.6. The van der Waals surface area contributed by atoms with Crippen molar-refractivity contribution < 1.29 is 14.0 Å². The van der Waals surface area contributed by atoms with E-state index in [0.29, 0.717) is 10.9 Å². The molecule has 2 amide bonds. The predicted octanol–water partition coefficient (Wildman–Crippen LogP) is 6.26. The standard InChI is InChI=1S/C29H29ClFN3.2CH3NO/c1-4-5-21(11-19-12-22-10-17(2)15-32-27(22)25(30)13-19)26-14-24-18(3)16-33-29(24)28(34-26)20-6-8-23(31)9-7-20;2*2-1-3/h6-10,12-15,18,21,33H,4-5,11,16H2,1-3H3;2*1H,(H2,2,3). The summed E-state index contributed by atoms with van der Waals surface area (Å²) in [6.07, 6.45) is 5.30. The van der Waals surface area contributed by atoms with Crippen LogP contribution in [0.3, 0.4) is 0 Å². The molecule has 9 heteroatoms. The van der Waals surface area contributed by atoms with Gasteiger partial charge in [0.2, 0.25) is 12.8 Å². The van der Waals surface area contributed by atoms with E-state index in [1.165, 1.54) is 23.3 Å². The van der Waals surface area contributed by atoms with Crippen LogP contribution < -0.4 is 16.8 Å². The van der Waals surface area contributed by atoms with Gasteiger partial charge in [-0.15, -0.1) is 0 Å². The van der Waals surface area contributed by atoms with Crippen molar-refractivity contribution >= 4 is 41.0 Å². The number of nitrogens with two attached hydrogens (primary N) is 2. The zero-order valence-electron chi connectivity index (χ0n) is 23.0. The highest BCUT2D eigenvalue weighted by Crippen LogP contribution is 2.41. The highest BCUT2D eigenvalue weighted by Gasteiger charge is 2.26. The normalized spacial score (nSPS) is 14.1. The predicted molar refractivity (Wildman–Crippen MR) is 160 cm³/mol. The van der Waals surface area contributed by atoms with Crippen molar-refractivity contribution in [1.82, 2.24) is 9.97 Å². The highest BCUT2D eigenvalue weighted by atomic mass is 35.5. The number of aryl methyl sites for hydroxylation is 1. The molecule has 0 saturated carbocycles. The Balaban J connectivity index is 0.000000676. The third-order valence-electron chi connectivity index (χ3n) is 6.77. The number of carbonyl (C=O) groups is 2. The number of carbonyl (C=O) groups excluding carboxylic acids is 2. The van der Waals surface area contributed by atoms with Crippen LogP contribution in [0.2, 0.25) is 5.02 Å². The molecule has 7 nitrogen and oxygen atoms in total. The summed E-state index contributed by atoms with van der Waals surface area (Å²) < 4.78 is 13.6. The molecule has 2 unspecified atom stereocenters. The molecule has 0 spiro atoms. The Morgan fingerprint density at radius 3 is 2.45 bits per heavy atom. The Kier molecular flexibility index (Phi) is 11.0. The Hall–Kier alpha value is -4.04. The summed E-state index contributed by atoms with van der Waals surface area (Å²) in [6.45, 7) is 7.39. The molecule has 5 N–H and O–H groups in total. The van der Waals surface area contributed by atoms with E-state index in [1.807, 2.05) is 31.3 Å². The lowest BCUT2D eigenvalue weighted by Crippen LogP contribution is -2.08. The van der Waals surface area contributed by atoms with Crippen LogP contribution in [0.1, 0.15) is 60.9 Å². The van der Waals surface area contributed by atoms with Gasteiger partial charge < -0.3 is 16.8 Å². The fourth-order valence-electron chi connectivity index (χ4n) is 5.03. The summed E-state index contributed by atoms with van der Waals surface area (Å²) >= 11 is 6.62. The largest absolute Gasteiger partial charge is 0.382 e. The van der Waals surface area contributed by atoms with E-state index < -0.39 is 0 Å². The minimum absolute atomic E-state index is 0.236. The summed E-state index contributed by atoms with van der Waals surface area (Å²) in [5, 5.41) is 5.29. The van der Waals surface area contributed by atoms with Crippen molar-refractivity contribution in [3.8, 4) is 11.3 Å². The minimum Gasteiger partial charge on any atom is -0.382 e. The molecule has 40 heavy (non-hydrogen) atoms. The van der Waals surface area contributed by atoms with Gasteiger partial charge in [-0.3, -0.25) is 19.6 Å². The summed E-state index contributed by atoms with van der Waals surface area (Å²) in [5.41, 5.74) is 16.8. The Morgan fingerprint density at radius 1 is 1.12 bits per heavy atom. The van der Waals surface area contributed by atoms with Gasteiger partial charge in [0, 0.05) is 41.2 Å². The number of aromatic nitrogens is 2. The molecule has 2 atom stereocenters. The number of fused-ring (bicyclic) bond motifs is 2. The molecule has 2 aromatic carbocycles. The van der Waals surface area contributed by atoms with Crippen molar-refractivity contribution in [2.24, 2.45) is 11.5 Å². The van der Waals surface area contributed by atoms with Gasteiger partial charge in [0.1, 0.15) is 5.82 Å². The van der Waals surface area contributed by atoms with Crippen LogP contribution >= 0.6 is 11.6 Å². The fourth-order valence-corrected chi connectivity index (χ4v) is 5.33. The molecule has 0 bridgehead atoms. The molecule has 3 heterocycles. The van der Waals surface area contributed by atoms with Gasteiger partial charge >= 0.3 is 0 Å². The minimum atomic E-state index is -0.236. The van der Waals surface area contributed by atoms with Crippen LogP contribution in [0, 0.1) is 12.7 Å². The molecule has 0 radical (unpaired) electrons. The third kappa shape index (κ3) is 7.33. The summed E-state index contributed by atoms with van der Waals surface area (Å²) in [7, 11) is 0. The highest BCUT2D eigenvalue weighted by molar-refractivity contribution is 6.35. The van der Waals surface area contributed by atoms with Gasteiger partial charge in [-0.2, -0.15) is 0 Å². The average molecular weight is 564 g/mol. The lowest BCUT2D eigenvalue weighted by Gasteiger charge is -2.20. The number of hydrogen-bond donors (Lipinski definition) is 3. The van der Waals surface area contributed by atoms with Crippen molar-refractivity contribution in [2.75, 3.05) is 11.9 Å². The monoisotopic (exact) mass is 563 g/mol. The molecule has 2 aromatic heterocycles. The molecule has 1 aliphatic heterocycles. The van der Waals surface area contributed by atoms with Crippen molar-refractivity contribution in [1.29, 1.82) is 0 Å². The van der Waals surface area contributed by atoms with Crippen molar-refractivity contribution in [3.05, 3.63) is 88.0 Å². The lowest BCUT2D eigenvalue weighted by atomic mass is 9.88. The first-order chi connectivity index (χ1) is 19.3. The maximum atomic E-state index is 13.6. The number of hydrogen-bond acceptors (Lipinski definition) is 5. The van der Waals surface area contributed by atoms with E-state index in [9.17, 15) is 4.39 Å². The number of nitrogens with one attached hydrogen (secondary N) is 1. The van der Waals surface area contributed by atoms with Gasteiger partial charge in [0.15, 0.2) is 0 Å². The van der Waals surface area contributed by atoms with E-state index in [-0.39, 0.29) is 24.6 Å². The number of benzene rings is 2. The molecule has 4 aromatic rings. The van der Waals surface area contributed by atoms with Crippen LogP contribution in [0.15, 0.2) is 54.7 Å². The van der Waals surface area contributed by atoms with Crippen LogP contribution in [0.5, 0.6) is 0 Å². The number of pyridine rings is 2. The van der Waals surface area contributed by atoms with Gasteiger partial charge in [0.25, 0.3) is 0 Å². The second kappa shape index (κ2) is 14.4. The van der Waals surface area contributed by atoms with E-state index in [1.54, 1.807) is 0 Å². The van der Waals surface area contributed by atoms with Crippen LogP contribution in [-0.4, -0.2) is 29.3 Å². The van der Waals surface area contributed by atoms with Gasteiger partial charge in [-0.1, -0.05) is 31.9 Å². The van der Waals surface area contributed by atoms with E-state index >= 15 is 0 Å². The van der Waals surface area contributed by atoms with Crippen LogP contribution in [0.25, 0.3) is 22.2 Å². The molecule has 210 valence electrons. The smallest absolute Gasteiger partial charge is 0.204 e. The zero-order chi connectivity index (χ0) is 29.2. The fraction of sp³-hybridized carbons (Fsp3) is 0.290. The van der Waals surface area contributed by atoms with Crippen molar-refractivity contribution in [2.45, 2.75) is 51.9 Å². The Bertz CT molecular complexity index is 1460. The number of halogens is 2. The number of rotatable bonds is 6. The molecule has 0 aliphatic carbocycles. The first-order valence-corrected chi connectivity index (χ1v) is 13.5. The summed E-state index contributed by atoms with van der Waals surface area (Å²) in [4.78, 5) is 26.8. The SMILES string of the molecule is CCCC(Cc1cc(Cl)c2ncc(C)cc2c1)c1cc2c(c(-c3ccc(F)cc3)n1)NCC2C.NC=O.NC=O. The number of amides is 2. The third-order valence-corrected chi connectivity index (χ3v) is 7.06. The van der Waals surface area contributed by atoms with Gasteiger partial charge in [0.05, 0.1) is 21.9 Å². The van der Waals surface area contributed by atoms with Crippen LogP contribution in [0.4, 0.5) is 10.1 Å². The molecule has 0 saturated heterocycles. The molecule has 1 aliphatic rings. The molecular weight excluding hydrogens is 529 g/mol. The molecule has 0 fully saturated rings. The topological polar surface area (TPSA) is 124 Å². The first kappa shape index (κ1) is 30.5.